The van der Waals surface area contributed by atoms with Crippen molar-refractivity contribution in [1.29, 1.82) is 5.26 Å². The highest BCUT2D eigenvalue weighted by Crippen LogP contribution is 2.41. The molecule has 2 heterocycles. The fourth-order valence-corrected chi connectivity index (χ4v) is 5.03. The highest BCUT2D eigenvalue weighted by Gasteiger charge is 2.18. The third kappa shape index (κ3) is 5.01. The molecule has 0 amide bonds. The first-order valence-electron chi connectivity index (χ1n) is 12.4. The molecular weight excluding hydrogens is 504 g/mol. The number of pyridine rings is 1. The maximum absolute atomic E-state index is 9.88. The van der Waals surface area contributed by atoms with Crippen molar-refractivity contribution in [1.82, 2.24) is 9.88 Å². The number of nitrogens with one attached hydrogen (secondary N) is 1. The smallest absolute Gasteiger partial charge is 0.169 e. The van der Waals surface area contributed by atoms with Crippen LogP contribution in [0.3, 0.4) is 0 Å². The zero-order valence-corrected chi connectivity index (χ0v) is 22.4. The first-order chi connectivity index (χ1) is 18.5. The average molecular weight is 533 g/mol. The predicted molar refractivity (Wildman–Crippen MR) is 149 cm³/mol. The number of morpholine rings is 1. The molecule has 0 aliphatic carbocycles. The zero-order valence-electron chi connectivity index (χ0n) is 21.6. The Morgan fingerprint density at radius 2 is 1.79 bits per heavy atom. The Labute approximate surface area is 226 Å². The van der Waals surface area contributed by atoms with E-state index < -0.39 is 0 Å². The molecule has 0 atom stereocenters. The van der Waals surface area contributed by atoms with E-state index in [1.165, 1.54) is 0 Å². The number of nitriles is 1. The number of aromatic nitrogens is 1. The summed E-state index contributed by atoms with van der Waals surface area (Å²) in [4.78, 5) is 7.00. The van der Waals surface area contributed by atoms with Crippen molar-refractivity contribution in [2.45, 2.75) is 6.92 Å². The Morgan fingerprint density at radius 1 is 1.05 bits per heavy atom. The molecule has 1 N–H and O–H groups in total. The average Bonchev–Trinajstić information content (AvgIpc) is 2.94. The Kier molecular flexibility index (Phi) is 7.70. The van der Waals surface area contributed by atoms with Gasteiger partial charge in [-0.15, -0.1) is 0 Å². The monoisotopic (exact) mass is 532 g/mol. The van der Waals surface area contributed by atoms with Gasteiger partial charge in [-0.25, -0.2) is 0 Å². The number of benzene rings is 3. The molecule has 196 valence electrons. The lowest BCUT2D eigenvalue weighted by molar-refractivity contribution is 0.0322. The molecule has 0 radical (unpaired) electrons. The van der Waals surface area contributed by atoms with E-state index in [9.17, 15) is 5.26 Å². The van der Waals surface area contributed by atoms with Gasteiger partial charge in [0.1, 0.15) is 18.4 Å². The molecule has 1 aromatic heterocycles. The van der Waals surface area contributed by atoms with Crippen molar-refractivity contribution in [3.8, 4) is 23.3 Å². The molecule has 1 saturated heterocycles. The number of hydrogen-bond donors (Lipinski definition) is 1. The molecule has 8 nitrogen and oxygen atoms in total. The van der Waals surface area contributed by atoms with Crippen LogP contribution >= 0.6 is 11.6 Å². The molecular formula is C29H29ClN4O4. The van der Waals surface area contributed by atoms with E-state index >= 15 is 0 Å². The van der Waals surface area contributed by atoms with Crippen LogP contribution in [-0.4, -0.2) is 63.6 Å². The molecule has 1 aliphatic heterocycles. The number of ether oxygens (including phenoxy) is 4. The fraction of sp³-hybridized carbons (Fsp3) is 0.310. The van der Waals surface area contributed by atoms with Crippen molar-refractivity contribution in [3.05, 3.63) is 58.7 Å². The van der Waals surface area contributed by atoms with Crippen molar-refractivity contribution in [2.75, 3.05) is 59.0 Å². The van der Waals surface area contributed by atoms with Crippen molar-refractivity contribution in [3.63, 3.8) is 0 Å². The molecule has 5 rings (SSSR count). The standard InChI is InChI=1S/C29H29ClN4O4/c1-18-14-23(30)26(36-3)15-24(18)33-27-19(16-31)17-32-28-20-6-7-25(35-2)29(21(20)4-5-22(27)28)38-13-10-34-8-11-37-12-9-34/h4-7,14-15,17H,8-13H2,1-3H3,(H,32,33). The maximum Gasteiger partial charge on any atom is 0.169 e. The van der Waals surface area contributed by atoms with E-state index in [0.29, 0.717) is 40.1 Å². The Bertz CT molecular complexity index is 1530. The summed E-state index contributed by atoms with van der Waals surface area (Å²) in [5.74, 6) is 1.89. The largest absolute Gasteiger partial charge is 0.495 e. The third-order valence-electron chi connectivity index (χ3n) is 6.80. The summed E-state index contributed by atoms with van der Waals surface area (Å²) >= 11 is 6.30. The number of aryl methyl sites for hydroxylation is 1. The molecule has 1 fully saturated rings. The Hall–Kier alpha value is -3.77. The minimum Gasteiger partial charge on any atom is -0.495 e. The molecule has 38 heavy (non-hydrogen) atoms. The lowest BCUT2D eigenvalue weighted by atomic mass is 10.0. The number of nitrogens with zero attached hydrogens (tertiary/aromatic N) is 3. The highest BCUT2D eigenvalue weighted by atomic mass is 35.5. The summed E-state index contributed by atoms with van der Waals surface area (Å²) in [6, 6.07) is 13.8. The van der Waals surface area contributed by atoms with Crippen molar-refractivity contribution >= 4 is 44.7 Å². The number of rotatable bonds is 8. The van der Waals surface area contributed by atoms with Gasteiger partial charge in [0.25, 0.3) is 0 Å². The Morgan fingerprint density at radius 3 is 2.53 bits per heavy atom. The second-order valence-electron chi connectivity index (χ2n) is 9.04. The quantitative estimate of drug-likeness (QED) is 0.289. The van der Waals surface area contributed by atoms with Gasteiger partial charge in [0.15, 0.2) is 11.5 Å². The number of fused-ring (bicyclic) bond motifs is 3. The van der Waals surface area contributed by atoms with Gasteiger partial charge in [-0.3, -0.25) is 9.88 Å². The van der Waals surface area contributed by atoms with Crippen LogP contribution in [0, 0.1) is 18.3 Å². The molecule has 3 aromatic carbocycles. The summed E-state index contributed by atoms with van der Waals surface area (Å²) in [5.41, 5.74) is 3.56. The van der Waals surface area contributed by atoms with Crippen LogP contribution in [0.1, 0.15) is 11.1 Å². The number of hydrogen-bond acceptors (Lipinski definition) is 8. The second kappa shape index (κ2) is 11.3. The molecule has 0 spiro atoms. The summed E-state index contributed by atoms with van der Waals surface area (Å²) in [6.45, 7) is 6.58. The lowest BCUT2D eigenvalue weighted by Crippen LogP contribution is -2.38. The van der Waals surface area contributed by atoms with E-state index in [1.54, 1.807) is 20.4 Å². The minimum atomic E-state index is 0.431. The van der Waals surface area contributed by atoms with Crippen LogP contribution in [-0.2, 0) is 4.74 Å². The fourth-order valence-electron chi connectivity index (χ4n) is 4.73. The molecule has 0 unspecified atom stereocenters. The summed E-state index contributed by atoms with van der Waals surface area (Å²) < 4.78 is 22.8. The van der Waals surface area contributed by atoms with Gasteiger partial charge in [0, 0.05) is 53.7 Å². The molecule has 0 saturated carbocycles. The maximum atomic E-state index is 9.88. The molecule has 1 aliphatic rings. The highest BCUT2D eigenvalue weighted by molar-refractivity contribution is 6.32. The predicted octanol–water partition coefficient (Wildman–Crippen LogP) is 5.69. The van der Waals surface area contributed by atoms with E-state index in [-0.39, 0.29) is 0 Å². The minimum absolute atomic E-state index is 0.431. The van der Waals surface area contributed by atoms with Gasteiger partial charge < -0.3 is 24.3 Å². The summed E-state index contributed by atoms with van der Waals surface area (Å²) in [5, 5.41) is 16.5. The van der Waals surface area contributed by atoms with Gasteiger partial charge in [-0.2, -0.15) is 5.26 Å². The van der Waals surface area contributed by atoms with Crippen LogP contribution in [0.2, 0.25) is 5.02 Å². The van der Waals surface area contributed by atoms with Crippen LogP contribution < -0.4 is 19.5 Å². The Balaban J connectivity index is 1.56. The number of methoxy groups -OCH3 is 2. The van der Waals surface area contributed by atoms with Gasteiger partial charge in [0.05, 0.1) is 49.2 Å². The van der Waals surface area contributed by atoms with Crippen LogP contribution in [0.5, 0.6) is 17.2 Å². The normalized spacial score (nSPS) is 13.9. The first kappa shape index (κ1) is 25.9. The lowest BCUT2D eigenvalue weighted by Gasteiger charge is -2.26. The van der Waals surface area contributed by atoms with Crippen LogP contribution in [0.15, 0.2) is 42.6 Å². The third-order valence-corrected chi connectivity index (χ3v) is 7.10. The van der Waals surface area contributed by atoms with Crippen LogP contribution in [0.25, 0.3) is 21.7 Å². The van der Waals surface area contributed by atoms with Crippen molar-refractivity contribution < 1.29 is 18.9 Å². The van der Waals surface area contributed by atoms with Gasteiger partial charge >= 0.3 is 0 Å². The zero-order chi connectivity index (χ0) is 26.6. The number of halogens is 1. The van der Waals surface area contributed by atoms with E-state index in [1.807, 2.05) is 43.3 Å². The molecule has 4 aromatic rings. The SMILES string of the molecule is COc1cc(Nc2c(C#N)cnc3c2ccc2c(OCCN4CCOCC4)c(OC)ccc23)c(C)cc1Cl. The van der Waals surface area contributed by atoms with Gasteiger partial charge in [-0.1, -0.05) is 11.6 Å². The van der Waals surface area contributed by atoms with Crippen molar-refractivity contribution in [2.24, 2.45) is 0 Å². The summed E-state index contributed by atoms with van der Waals surface area (Å²) in [7, 11) is 3.21. The number of anilines is 2. The second-order valence-corrected chi connectivity index (χ2v) is 9.45. The first-order valence-corrected chi connectivity index (χ1v) is 12.8. The van der Waals surface area contributed by atoms with E-state index in [2.05, 4.69) is 21.3 Å². The van der Waals surface area contributed by atoms with Gasteiger partial charge in [-0.05, 0) is 42.8 Å². The summed E-state index contributed by atoms with van der Waals surface area (Å²) in [6.07, 6.45) is 1.59. The molecule has 9 heteroatoms. The molecule has 0 bridgehead atoms. The van der Waals surface area contributed by atoms with Gasteiger partial charge in [0.2, 0.25) is 0 Å². The topological polar surface area (TPSA) is 88.9 Å². The van der Waals surface area contributed by atoms with E-state index in [0.717, 1.165) is 65.8 Å². The van der Waals surface area contributed by atoms with E-state index in [4.69, 9.17) is 30.5 Å². The van der Waals surface area contributed by atoms with Crippen LogP contribution in [0.4, 0.5) is 11.4 Å².